The minimum absolute atomic E-state index is 0.224. The van der Waals surface area contributed by atoms with Gasteiger partial charge in [-0.15, -0.1) is 0 Å². The molecule has 2 unspecified atom stereocenters. The van der Waals surface area contributed by atoms with Gasteiger partial charge < -0.3 is 14.9 Å². The molecule has 7 nitrogen and oxygen atoms in total. The first kappa shape index (κ1) is 22.8. The highest BCUT2D eigenvalue weighted by Gasteiger charge is 2.61. The number of carbonyl (C=O) groups is 3. The van der Waals surface area contributed by atoms with E-state index in [4.69, 9.17) is 0 Å². The molecule has 7 heteroatoms. The lowest BCUT2D eigenvalue weighted by Gasteiger charge is -2.29. The van der Waals surface area contributed by atoms with Gasteiger partial charge >= 0.3 is 6.03 Å². The number of likely N-dealkylation sites (tertiary alicyclic amines) is 1. The van der Waals surface area contributed by atoms with Gasteiger partial charge in [-0.1, -0.05) is 91.0 Å². The van der Waals surface area contributed by atoms with Crippen LogP contribution >= 0.6 is 0 Å². The third kappa shape index (κ3) is 4.31. The summed E-state index contributed by atoms with van der Waals surface area (Å²) in [5, 5.41) is 10.2. The molecule has 5 rings (SSSR count). The summed E-state index contributed by atoms with van der Waals surface area (Å²) < 4.78 is 0. The summed E-state index contributed by atoms with van der Waals surface area (Å²) in [6.45, 7) is 0.0973. The van der Waals surface area contributed by atoms with E-state index in [1.807, 2.05) is 91.0 Å². The molecule has 2 aliphatic rings. The molecule has 0 radical (unpaired) electrons. The summed E-state index contributed by atoms with van der Waals surface area (Å²) in [5.74, 6) is -0.871. The number of nitrogens with zero attached hydrogens (tertiary/aromatic N) is 3. The normalized spacial score (nSPS) is 20.5. The molecule has 0 saturated carbocycles. The Morgan fingerprint density at radius 2 is 1.03 bits per heavy atom. The Morgan fingerprint density at radius 1 is 0.629 bits per heavy atom. The maximum absolute atomic E-state index is 13.7. The Hall–Kier alpha value is -3.97. The van der Waals surface area contributed by atoms with Crippen molar-refractivity contribution >= 4 is 17.8 Å². The molecule has 0 spiro atoms. The van der Waals surface area contributed by atoms with Crippen LogP contribution in [0.5, 0.6) is 0 Å². The number of urea groups is 1. The van der Waals surface area contributed by atoms with E-state index in [2.05, 4.69) is 0 Å². The van der Waals surface area contributed by atoms with Crippen LogP contribution in [0.1, 0.15) is 16.7 Å². The van der Waals surface area contributed by atoms with E-state index in [0.717, 1.165) is 16.7 Å². The topological polar surface area (TPSA) is 81.2 Å². The fourth-order valence-electron chi connectivity index (χ4n) is 5.05. The monoisotopic (exact) mass is 469 g/mol. The molecular weight excluding hydrogens is 442 g/mol. The van der Waals surface area contributed by atoms with Crippen LogP contribution in [0.4, 0.5) is 4.79 Å². The number of rotatable bonds is 8. The first-order chi connectivity index (χ1) is 17.1. The number of hydrogen-bond acceptors (Lipinski definition) is 4. The lowest BCUT2D eigenvalue weighted by molar-refractivity contribution is -0.144. The highest BCUT2D eigenvalue weighted by Crippen LogP contribution is 2.35. The van der Waals surface area contributed by atoms with Gasteiger partial charge in [0.15, 0.2) is 0 Å². The van der Waals surface area contributed by atoms with Crippen LogP contribution in [0.2, 0.25) is 0 Å². The number of carbonyl (C=O) groups excluding carboxylic acids is 3. The zero-order valence-electron chi connectivity index (χ0n) is 19.2. The molecule has 2 fully saturated rings. The number of benzene rings is 3. The van der Waals surface area contributed by atoms with E-state index in [1.54, 1.807) is 0 Å². The van der Waals surface area contributed by atoms with Crippen LogP contribution in [0.3, 0.4) is 0 Å². The summed E-state index contributed by atoms with van der Waals surface area (Å²) in [6.07, 6.45) is 0.347. The third-order valence-electron chi connectivity index (χ3n) is 6.72. The Bertz CT molecular complexity index is 1130. The maximum Gasteiger partial charge on any atom is 0.322 e. The Labute approximate surface area is 204 Å². The zero-order valence-corrected chi connectivity index (χ0v) is 19.2. The van der Waals surface area contributed by atoms with Crippen LogP contribution in [0.15, 0.2) is 91.0 Å². The number of hydrogen-bond donors (Lipinski definition) is 1. The fourth-order valence-corrected chi connectivity index (χ4v) is 5.05. The highest BCUT2D eigenvalue weighted by molar-refractivity contribution is 6.13. The van der Waals surface area contributed by atoms with Crippen molar-refractivity contribution in [2.75, 3.05) is 6.61 Å². The van der Waals surface area contributed by atoms with Gasteiger partial charge in [0, 0.05) is 13.1 Å². The number of fused-ring (bicyclic) bond motifs is 1. The van der Waals surface area contributed by atoms with Crippen LogP contribution in [-0.2, 0) is 29.1 Å². The van der Waals surface area contributed by atoms with Crippen molar-refractivity contribution in [2.45, 2.75) is 37.6 Å². The second kappa shape index (κ2) is 9.72. The lowest BCUT2D eigenvalue weighted by Crippen LogP contribution is -2.49. The van der Waals surface area contributed by atoms with Crippen LogP contribution < -0.4 is 0 Å². The van der Waals surface area contributed by atoms with Gasteiger partial charge in [-0.25, -0.2) is 4.79 Å². The predicted molar refractivity (Wildman–Crippen MR) is 130 cm³/mol. The van der Waals surface area contributed by atoms with Crippen molar-refractivity contribution in [3.63, 3.8) is 0 Å². The van der Waals surface area contributed by atoms with Crippen molar-refractivity contribution in [3.05, 3.63) is 108 Å². The largest absolute Gasteiger partial charge is 0.394 e. The van der Waals surface area contributed by atoms with Gasteiger partial charge in [-0.05, 0) is 23.1 Å². The fraction of sp³-hybridized carbons (Fsp3) is 0.250. The van der Waals surface area contributed by atoms with E-state index in [0.29, 0.717) is 6.42 Å². The first-order valence-corrected chi connectivity index (χ1v) is 11.7. The van der Waals surface area contributed by atoms with E-state index in [1.165, 1.54) is 14.7 Å². The van der Waals surface area contributed by atoms with Crippen molar-refractivity contribution < 1.29 is 19.5 Å². The molecule has 3 aromatic carbocycles. The summed E-state index contributed by atoms with van der Waals surface area (Å²) >= 11 is 0. The maximum atomic E-state index is 13.7. The van der Waals surface area contributed by atoms with Crippen molar-refractivity contribution in [1.82, 2.24) is 14.7 Å². The molecular formula is C28H27N3O4. The number of imide groups is 1. The predicted octanol–water partition coefficient (Wildman–Crippen LogP) is 2.83. The van der Waals surface area contributed by atoms with E-state index in [9.17, 15) is 19.5 Å². The van der Waals surface area contributed by atoms with E-state index >= 15 is 0 Å². The number of aliphatic hydroxyl groups is 1. The first-order valence-electron chi connectivity index (χ1n) is 11.7. The molecule has 0 aromatic heterocycles. The standard InChI is InChI=1S/C28H27N3O4/c32-19-23(16-20-10-4-1-5-11-20)31-26(33)24-25(27(31)34)30(18-22-14-8-3-9-15-22)28(35)29(24)17-21-12-6-2-7-13-21/h1-15,23-25,32H,16-19H2/t23-,24?,25?/m0/s1. The molecule has 3 atom stereocenters. The molecule has 4 amide bonds. The van der Waals surface area contributed by atoms with Crippen molar-refractivity contribution in [1.29, 1.82) is 0 Å². The van der Waals surface area contributed by atoms with Gasteiger partial charge in [-0.3, -0.25) is 14.5 Å². The van der Waals surface area contributed by atoms with Crippen LogP contribution in [0, 0.1) is 0 Å². The van der Waals surface area contributed by atoms with Gasteiger partial charge in [0.05, 0.1) is 12.6 Å². The highest BCUT2D eigenvalue weighted by atomic mass is 16.3. The molecule has 2 aliphatic heterocycles. The van der Waals surface area contributed by atoms with Crippen molar-refractivity contribution in [3.8, 4) is 0 Å². The SMILES string of the molecule is O=C1N(Cc2ccccc2)C2C(=O)N([C@H](CO)Cc3ccccc3)C(=O)C2N1Cc1ccccc1. The van der Waals surface area contributed by atoms with Crippen molar-refractivity contribution in [2.24, 2.45) is 0 Å². The third-order valence-corrected chi connectivity index (χ3v) is 6.72. The average Bonchev–Trinajstić information content (AvgIpc) is 3.30. The summed E-state index contributed by atoms with van der Waals surface area (Å²) in [7, 11) is 0. The molecule has 3 aromatic rings. The quantitative estimate of drug-likeness (QED) is 0.515. The second-order valence-corrected chi connectivity index (χ2v) is 8.97. The van der Waals surface area contributed by atoms with Gasteiger partial charge in [-0.2, -0.15) is 0 Å². The minimum Gasteiger partial charge on any atom is -0.394 e. The minimum atomic E-state index is -0.927. The van der Waals surface area contributed by atoms with Gasteiger partial charge in [0.2, 0.25) is 0 Å². The second-order valence-electron chi connectivity index (χ2n) is 8.97. The lowest BCUT2D eigenvalue weighted by atomic mass is 10.1. The molecule has 178 valence electrons. The van der Waals surface area contributed by atoms with Crippen LogP contribution in [0.25, 0.3) is 0 Å². The Balaban J connectivity index is 1.48. The zero-order chi connectivity index (χ0) is 24.4. The molecule has 2 saturated heterocycles. The summed E-state index contributed by atoms with van der Waals surface area (Å²) in [4.78, 5) is 45.1. The van der Waals surface area contributed by atoms with Gasteiger partial charge in [0.25, 0.3) is 11.8 Å². The van der Waals surface area contributed by atoms with Gasteiger partial charge in [0.1, 0.15) is 12.1 Å². The summed E-state index contributed by atoms with van der Waals surface area (Å²) in [5.41, 5.74) is 2.67. The molecule has 0 bridgehead atoms. The van der Waals surface area contributed by atoms with E-state index < -0.39 is 29.9 Å². The van der Waals surface area contributed by atoms with E-state index in [-0.39, 0.29) is 25.7 Å². The molecule has 0 aliphatic carbocycles. The number of aliphatic hydroxyl groups excluding tert-OH is 1. The number of amides is 4. The van der Waals surface area contributed by atoms with Crippen LogP contribution in [-0.4, -0.2) is 62.4 Å². The smallest absolute Gasteiger partial charge is 0.322 e. The average molecular weight is 470 g/mol. The molecule has 35 heavy (non-hydrogen) atoms. The molecule has 2 heterocycles. The Kier molecular flexibility index (Phi) is 6.33. The Morgan fingerprint density at radius 3 is 1.43 bits per heavy atom. The molecule has 1 N–H and O–H groups in total. The summed E-state index contributed by atoms with van der Waals surface area (Å²) in [6, 6.07) is 25.5.